The summed E-state index contributed by atoms with van der Waals surface area (Å²) in [5, 5.41) is 5.84. The largest absolute Gasteiger partial charge is 0.462 e. The van der Waals surface area contributed by atoms with Crippen LogP contribution in [0.25, 0.3) is 0 Å². The number of benzene rings is 1. The Bertz CT molecular complexity index is 1160. The second-order valence-electron chi connectivity index (χ2n) is 8.51. The van der Waals surface area contributed by atoms with Crippen LogP contribution in [0.1, 0.15) is 69.2 Å². The van der Waals surface area contributed by atoms with E-state index in [0.29, 0.717) is 21.6 Å². The second kappa shape index (κ2) is 9.03. The first-order chi connectivity index (χ1) is 14.9. The lowest BCUT2D eigenvalue weighted by Crippen LogP contribution is -2.40. The van der Waals surface area contributed by atoms with Crippen LogP contribution < -0.4 is 10.6 Å². The van der Waals surface area contributed by atoms with Crippen molar-refractivity contribution in [3.05, 3.63) is 51.4 Å². The maximum atomic E-state index is 12.8. The number of esters is 1. The number of anilines is 1. The van der Waals surface area contributed by atoms with E-state index in [4.69, 9.17) is 4.74 Å². The number of carbonyl (C=O) groups is 3. The molecule has 0 atom stereocenters. The van der Waals surface area contributed by atoms with E-state index in [1.165, 1.54) is 12.1 Å². The molecule has 2 heterocycles. The minimum absolute atomic E-state index is 0.0470. The number of nitrogens with one attached hydrogen (secondary N) is 2. The molecular weight excluding hydrogens is 452 g/mol. The van der Waals surface area contributed by atoms with E-state index in [0.717, 1.165) is 11.3 Å². The SMILES string of the molecule is CCOC(=O)c1c(NC(=O)c2ccc(C(=O)NC(C)(C)C)cc2)sc2c1CCS(=O)(=O)C2. The average Bonchev–Trinajstić information content (AvgIpc) is 3.02. The van der Waals surface area contributed by atoms with Crippen molar-refractivity contribution in [3.63, 3.8) is 0 Å². The number of carbonyl (C=O) groups excluding carboxylic acids is 3. The van der Waals surface area contributed by atoms with E-state index in [2.05, 4.69) is 10.6 Å². The molecule has 0 bridgehead atoms. The first-order valence-electron chi connectivity index (χ1n) is 10.2. The molecule has 0 saturated heterocycles. The van der Waals surface area contributed by atoms with Gasteiger partial charge in [0, 0.05) is 21.5 Å². The second-order valence-corrected chi connectivity index (χ2v) is 11.8. The van der Waals surface area contributed by atoms with Crippen LogP contribution in [0.4, 0.5) is 5.00 Å². The fourth-order valence-electron chi connectivity index (χ4n) is 3.29. The molecule has 3 rings (SSSR count). The Labute approximate surface area is 191 Å². The first kappa shape index (κ1) is 23.9. The highest BCUT2D eigenvalue weighted by Crippen LogP contribution is 2.38. The van der Waals surface area contributed by atoms with Gasteiger partial charge in [0.05, 0.1) is 23.7 Å². The maximum absolute atomic E-state index is 12.8. The summed E-state index contributed by atoms with van der Waals surface area (Å²) >= 11 is 1.08. The third kappa shape index (κ3) is 5.55. The summed E-state index contributed by atoms with van der Waals surface area (Å²) in [6.45, 7) is 7.46. The van der Waals surface area contributed by atoms with Crippen LogP contribution in [0.15, 0.2) is 24.3 Å². The van der Waals surface area contributed by atoms with Crippen molar-refractivity contribution in [3.8, 4) is 0 Å². The van der Waals surface area contributed by atoms with Crippen molar-refractivity contribution in [2.75, 3.05) is 17.7 Å². The van der Waals surface area contributed by atoms with Gasteiger partial charge in [0.1, 0.15) is 5.00 Å². The Morgan fingerprint density at radius 3 is 2.22 bits per heavy atom. The topological polar surface area (TPSA) is 119 Å². The number of thiophene rings is 1. The zero-order valence-electron chi connectivity index (χ0n) is 18.4. The highest BCUT2D eigenvalue weighted by atomic mass is 32.2. The van der Waals surface area contributed by atoms with E-state index in [9.17, 15) is 22.8 Å². The van der Waals surface area contributed by atoms with Crippen molar-refractivity contribution in [1.29, 1.82) is 0 Å². The summed E-state index contributed by atoms with van der Waals surface area (Å²) in [7, 11) is -3.24. The molecule has 0 unspecified atom stereocenters. The number of hydrogen-bond acceptors (Lipinski definition) is 7. The van der Waals surface area contributed by atoms with Crippen molar-refractivity contribution >= 4 is 44.0 Å². The Balaban J connectivity index is 1.85. The molecule has 10 heteroatoms. The van der Waals surface area contributed by atoms with Crippen molar-refractivity contribution < 1.29 is 27.5 Å². The molecule has 32 heavy (non-hydrogen) atoms. The lowest BCUT2D eigenvalue weighted by Gasteiger charge is -2.20. The minimum atomic E-state index is -3.24. The molecule has 8 nitrogen and oxygen atoms in total. The molecule has 2 aromatic rings. The summed E-state index contributed by atoms with van der Waals surface area (Å²) in [6, 6.07) is 6.15. The number of rotatable bonds is 5. The predicted octanol–water partition coefficient (Wildman–Crippen LogP) is 3.18. The maximum Gasteiger partial charge on any atom is 0.341 e. The lowest BCUT2D eigenvalue weighted by atomic mass is 10.1. The molecule has 0 spiro atoms. The van der Waals surface area contributed by atoms with Crippen LogP contribution in [-0.4, -0.2) is 44.1 Å². The van der Waals surface area contributed by atoms with Crippen LogP contribution in [0, 0.1) is 0 Å². The Morgan fingerprint density at radius 1 is 1.06 bits per heavy atom. The normalized spacial score (nSPS) is 14.9. The molecular formula is C22H26N2O6S2. The molecule has 172 valence electrons. The quantitative estimate of drug-likeness (QED) is 0.637. The number of sulfone groups is 1. The predicted molar refractivity (Wildman–Crippen MR) is 123 cm³/mol. The summed E-state index contributed by atoms with van der Waals surface area (Å²) in [4.78, 5) is 38.2. The molecule has 1 aromatic carbocycles. The van der Waals surface area contributed by atoms with Crippen LogP contribution in [-0.2, 0) is 26.7 Å². The Hall–Kier alpha value is -2.72. The minimum Gasteiger partial charge on any atom is -0.462 e. The van der Waals surface area contributed by atoms with E-state index in [1.807, 2.05) is 20.8 Å². The number of ether oxygens (including phenoxy) is 1. The van der Waals surface area contributed by atoms with Gasteiger partial charge < -0.3 is 15.4 Å². The standard InChI is InChI=1S/C22H26N2O6S2/c1-5-30-21(27)17-15-10-11-32(28,29)12-16(15)31-20(17)23-18(25)13-6-8-14(9-7-13)19(26)24-22(2,3)4/h6-9H,5,10-12H2,1-4H3,(H,23,25)(H,24,26). The summed E-state index contributed by atoms with van der Waals surface area (Å²) in [5.41, 5.74) is 1.17. The molecule has 1 aromatic heterocycles. The first-order valence-corrected chi connectivity index (χ1v) is 12.8. The van der Waals surface area contributed by atoms with Gasteiger partial charge in [0.25, 0.3) is 11.8 Å². The van der Waals surface area contributed by atoms with Crippen molar-refractivity contribution in [2.45, 2.75) is 45.4 Å². The van der Waals surface area contributed by atoms with Gasteiger partial charge in [-0.2, -0.15) is 0 Å². The molecule has 2 amide bonds. The van der Waals surface area contributed by atoms with E-state index in [1.54, 1.807) is 19.1 Å². The fraction of sp³-hybridized carbons (Fsp3) is 0.409. The summed E-state index contributed by atoms with van der Waals surface area (Å²) in [5.74, 6) is -1.52. The van der Waals surface area contributed by atoms with Gasteiger partial charge in [-0.05, 0) is 63.9 Å². The molecule has 1 aliphatic heterocycles. The van der Waals surface area contributed by atoms with Crippen LogP contribution in [0.2, 0.25) is 0 Å². The zero-order chi connectivity index (χ0) is 23.7. The van der Waals surface area contributed by atoms with Crippen molar-refractivity contribution in [2.24, 2.45) is 0 Å². The summed E-state index contributed by atoms with van der Waals surface area (Å²) < 4.78 is 29.2. The number of fused-ring (bicyclic) bond motifs is 1. The van der Waals surface area contributed by atoms with Crippen LogP contribution in [0.3, 0.4) is 0 Å². The van der Waals surface area contributed by atoms with Gasteiger partial charge in [-0.15, -0.1) is 11.3 Å². The van der Waals surface area contributed by atoms with Crippen LogP contribution >= 0.6 is 11.3 Å². The highest BCUT2D eigenvalue weighted by Gasteiger charge is 2.32. The Morgan fingerprint density at radius 2 is 1.66 bits per heavy atom. The van der Waals surface area contributed by atoms with Gasteiger partial charge in [0.2, 0.25) is 0 Å². The summed E-state index contributed by atoms with van der Waals surface area (Å²) in [6.07, 6.45) is 0.204. The van der Waals surface area contributed by atoms with Gasteiger partial charge in [-0.25, -0.2) is 13.2 Å². The molecule has 0 aliphatic carbocycles. The zero-order valence-corrected chi connectivity index (χ0v) is 20.0. The van der Waals surface area contributed by atoms with Gasteiger partial charge in [0.15, 0.2) is 9.84 Å². The van der Waals surface area contributed by atoms with Crippen LogP contribution in [0.5, 0.6) is 0 Å². The van der Waals surface area contributed by atoms with E-state index >= 15 is 0 Å². The van der Waals surface area contributed by atoms with E-state index < -0.39 is 21.7 Å². The highest BCUT2D eigenvalue weighted by molar-refractivity contribution is 7.90. The smallest absolute Gasteiger partial charge is 0.341 e. The molecule has 0 fully saturated rings. The number of hydrogen-bond donors (Lipinski definition) is 2. The average molecular weight is 479 g/mol. The van der Waals surface area contributed by atoms with E-state index in [-0.39, 0.29) is 46.5 Å². The third-order valence-electron chi connectivity index (χ3n) is 4.71. The Kier molecular flexibility index (Phi) is 6.75. The molecule has 2 N–H and O–H groups in total. The van der Waals surface area contributed by atoms with Gasteiger partial charge >= 0.3 is 5.97 Å². The van der Waals surface area contributed by atoms with Gasteiger partial charge in [-0.3, -0.25) is 9.59 Å². The van der Waals surface area contributed by atoms with Crippen molar-refractivity contribution in [1.82, 2.24) is 5.32 Å². The molecule has 0 radical (unpaired) electrons. The fourth-order valence-corrected chi connectivity index (χ4v) is 6.32. The molecule has 0 saturated carbocycles. The number of amides is 2. The third-order valence-corrected chi connectivity index (χ3v) is 7.59. The molecule has 1 aliphatic rings. The van der Waals surface area contributed by atoms with Gasteiger partial charge in [-0.1, -0.05) is 0 Å². The monoisotopic (exact) mass is 478 g/mol. The lowest BCUT2D eigenvalue weighted by molar-refractivity contribution is 0.0526.